The Bertz CT molecular complexity index is 401. The molecule has 0 atom stereocenters. The van der Waals surface area contributed by atoms with Crippen molar-refractivity contribution in [3.63, 3.8) is 0 Å². The van der Waals surface area contributed by atoms with Crippen LogP contribution in [0.15, 0.2) is 73.8 Å². The zero-order chi connectivity index (χ0) is 15.8. The van der Waals surface area contributed by atoms with E-state index in [4.69, 9.17) is 25.2 Å². The van der Waals surface area contributed by atoms with Gasteiger partial charge >= 0.3 is 6.16 Å². The number of hydrogen-bond acceptors (Lipinski definition) is 3. The second-order valence-electron chi connectivity index (χ2n) is 2.95. The Morgan fingerprint density at radius 3 is 1.00 bits per heavy atom. The zero-order valence-electron chi connectivity index (χ0n) is 10.9. The summed E-state index contributed by atoms with van der Waals surface area (Å²) in [5.74, 6) is 0.644. The van der Waals surface area contributed by atoms with Crippen LogP contribution in [-0.4, -0.2) is 26.6 Å². The zero-order valence-corrected chi connectivity index (χ0v) is 10.9. The van der Waals surface area contributed by atoms with Gasteiger partial charge in [0.05, 0.1) is 0 Å². The fourth-order valence-corrected chi connectivity index (χ4v) is 0.856. The molecule has 2 rings (SSSR count). The Kier molecular flexibility index (Phi) is 13.7. The summed E-state index contributed by atoms with van der Waals surface area (Å²) in [6.45, 7) is 6.00. The molecule has 0 radical (unpaired) electrons. The van der Waals surface area contributed by atoms with Gasteiger partial charge in [-0.2, -0.15) is 0 Å². The maximum atomic E-state index is 8.63. The molecule has 0 aliphatic carbocycles. The van der Waals surface area contributed by atoms with Gasteiger partial charge in [-0.3, -0.25) is 0 Å². The van der Waals surface area contributed by atoms with Crippen LogP contribution in [0.2, 0.25) is 0 Å². The van der Waals surface area contributed by atoms with Crippen molar-refractivity contribution in [2.45, 2.75) is 0 Å². The van der Waals surface area contributed by atoms with E-state index in [9.17, 15) is 0 Å². The van der Waals surface area contributed by atoms with E-state index >= 15 is 0 Å². The third-order valence-electron chi connectivity index (χ3n) is 1.51. The van der Waals surface area contributed by atoms with Crippen molar-refractivity contribution in [2.24, 2.45) is 0 Å². The average Bonchev–Trinajstić information content (AvgIpc) is 2.43. The smallest absolute Gasteiger partial charge is 0.503 e. The van der Waals surface area contributed by atoms with E-state index in [1.807, 2.05) is 12.1 Å². The summed E-state index contributed by atoms with van der Waals surface area (Å²) in [6, 6.07) is 17.4. The molecule has 20 heavy (non-hydrogen) atoms. The fraction of sp³-hybridized carbons (Fsp3) is 0. The van der Waals surface area contributed by atoms with Crippen molar-refractivity contribution in [3.05, 3.63) is 73.8 Å². The van der Waals surface area contributed by atoms with Gasteiger partial charge in [0, 0.05) is 0 Å². The molecule has 0 unspecified atom stereocenters. The minimum atomic E-state index is -1.83. The lowest BCUT2D eigenvalue weighted by molar-refractivity contribution is 0.137. The number of hydrogen-bond donors (Lipinski definition) is 4. The number of rotatable bonds is 0. The summed E-state index contributed by atoms with van der Waals surface area (Å²) in [6.07, 6.45) is -1.83. The molecule has 0 saturated heterocycles. The van der Waals surface area contributed by atoms with E-state index in [0.29, 0.717) is 11.5 Å². The van der Waals surface area contributed by atoms with Crippen molar-refractivity contribution in [1.29, 1.82) is 0 Å². The normalized spacial score (nSPS) is 7.40. The highest BCUT2D eigenvalue weighted by molar-refractivity contribution is 5.53. The van der Waals surface area contributed by atoms with Crippen molar-refractivity contribution < 1.29 is 25.2 Å². The number of carboxylic acid groups (broad SMARTS) is 2. The van der Waals surface area contributed by atoms with E-state index in [1.54, 1.807) is 48.5 Å². The Balaban J connectivity index is 0. The number of phenols is 2. The quantitative estimate of drug-likeness (QED) is 0.549. The summed E-state index contributed by atoms with van der Waals surface area (Å²) < 4.78 is 0. The van der Waals surface area contributed by atoms with Crippen molar-refractivity contribution in [3.8, 4) is 11.5 Å². The van der Waals surface area contributed by atoms with Crippen LogP contribution < -0.4 is 0 Å². The molecule has 0 aromatic heterocycles. The highest BCUT2D eigenvalue weighted by atomic mass is 16.6. The molecule has 108 valence electrons. The second kappa shape index (κ2) is 14.1. The molecule has 0 amide bonds. The Morgan fingerprint density at radius 2 is 0.900 bits per heavy atom. The summed E-state index contributed by atoms with van der Waals surface area (Å²) >= 11 is 0. The molecule has 0 saturated carbocycles. The molecule has 4 N–H and O–H groups in total. The van der Waals surface area contributed by atoms with Gasteiger partial charge in [0.1, 0.15) is 11.5 Å². The molecule has 0 bridgehead atoms. The van der Waals surface area contributed by atoms with Crippen molar-refractivity contribution >= 4 is 6.16 Å². The van der Waals surface area contributed by atoms with Crippen LogP contribution in [0.4, 0.5) is 4.79 Å². The van der Waals surface area contributed by atoms with Crippen LogP contribution >= 0.6 is 0 Å². The van der Waals surface area contributed by atoms with Gasteiger partial charge in [-0.05, 0) is 24.3 Å². The summed E-state index contributed by atoms with van der Waals surface area (Å²) in [5, 5.41) is 31.2. The molecule has 0 fully saturated rings. The predicted molar refractivity (Wildman–Crippen MR) is 78.1 cm³/mol. The van der Waals surface area contributed by atoms with Crippen LogP contribution in [-0.2, 0) is 0 Å². The van der Waals surface area contributed by atoms with Crippen LogP contribution in [0.3, 0.4) is 0 Å². The first-order chi connectivity index (χ1) is 9.52. The van der Waals surface area contributed by atoms with Gasteiger partial charge in [0.15, 0.2) is 0 Å². The summed E-state index contributed by atoms with van der Waals surface area (Å²) in [5.41, 5.74) is 0. The second-order valence-corrected chi connectivity index (χ2v) is 2.95. The van der Waals surface area contributed by atoms with Crippen LogP contribution in [0.5, 0.6) is 11.5 Å². The lowest BCUT2D eigenvalue weighted by Crippen LogP contribution is -1.81. The Morgan fingerprint density at radius 1 is 0.700 bits per heavy atom. The minimum Gasteiger partial charge on any atom is -0.508 e. The highest BCUT2D eigenvalue weighted by Crippen LogP contribution is 2.03. The fourth-order valence-electron chi connectivity index (χ4n) is 0.856. The summed E-state index contributed by atoms with van der Waals surface area (Å²) in [7, 11) is 0. The van der Waals surface area contributed by atoms with Gasteiger partial charge in [-0.25, -0.2) is 4.79 Å². The van der Waals surface area contributed by atoms with Crippen molar-refractivity contribution in [1.82, 2.24) is 0 Å². The number of benzene rings is 2. The molecule has 2 aromatic carbocycles. The van der Waals surface area contributed by atoms with Gasteiger partial charge in [0.2, 0.25) is 0 Å². The van der Waals surface area contributed by atoms with E-state index in [1.165, 1.54) is 0 Å². The van der Waals surface area contributed by atoms with E-state index in [0.717, 1.165) is 0 Å². The SMILES string of the molecule is C=C.O=C(O)O.Oc1ccccc1.Oc1ccccc1. The Hall–Kier alpha value is -2.95. The maximum absolute atomic E-state index is 8.63. The maximum Gasteiger partial charge on any atom is 0.503 e. The lowest BCUT2D eigenvalue weighted by Gasteiger charge is -1.82. The first-order valence-electron chi connectivity index (χ1n) is 5.42. The topological polar surface area (TPSA) is 98.0 Å². The van der Waals surface area contributed by atoms with E-state index < -0.39 is 6.16 Å². The average molecular weight is 278 g/mol. The molecular weight excluding hydrogens is 260 g/mol. The Labute approximate surface area is 117 Å². The van der Waals surface area contributed by atoms with Gasteiger partial charge in [-0.15, -0.1) is 13.2 Å². The number of aromatic hydroxyl groups is 2. The summed E-state index contributed by atoms with van der Waals surface area (Å²) in [4.78, 5) is 8.56. The first kappa shape index (κ1) is 19.4. The lowest BCUT2D eigenvalue weighted by atomic mass is 10.3. The van der Waals surface area contributed by atoms with E-state index in [2.05, 4.69) is 13.2 Å². The molecular formula is C15H18O5. The molecule has 0 aliphatic rings. The number of para-hydroxylation sites is 2. The third-order valence-corrected chi connectivity index (χ3v) is 1.51. The minimum absolute atomic E-state index is 0.322. The molecule has 5 heteroatoms. The van der Waals surface area contributed by atoms with Crippen LogP contribution in [0.25, 0.3) is 0 Å². The van der Waals surface area contributed by atoms with Gasteiger partial charge < -0.3 is 20.4 Å². The van der Waals surface area contributed by atoms with Crippen molar-refractivity contribution in [2.75, 3.05) is 0 Å². The number of carbonyl (C=O) groups is 1. The third kappa shape index (κ3) is 17.4. The van der Waals surface area contributed by atoms with Crippen LogP contribution in [0.1, 0.15) is 0 Å². The highest BCUT2D eigenvalue weighted by Gasteiger charge is 1.75. The first-order valence-corrected chi connectivity index (χ1v) is 5.42. The predicted octanol–water partition coefficient (Wildman–Crippen LogP) is 3.81. The van der Waals surface area contributed by atoms with Gasteiger partial charge in [-0.1, -0.05) is 36.4 Å². The molecule has 5 nitrogen and oxygen atoms in total. The van der Waals surface area contributed by atoms with Gasteiger partial charge in [0.25, 0.3) is 0 Å². The molecule has 0 spiro atoms. The monoisotopic (exact) mass is 278 g/mol. The molecule has 0 heterocycles. The van der Waals surface area contributed by atoms with Crippen LogP contribution in [0, 0.1) is 0 Å². The molecule has 2 aromatic rings. The standard InChI is InChI=1S/2C6H6O.C2H4.CH2O3/c2*7-6-4-2-1-3-5-6;1-2;2-1(3)4/h2*1-5,7H;1-2H2;(H2,2,3,4). The number of phenolic OH excluding ortho intramolecular Hbond substituents is 2. The molecule has 0 aliphatic heterocycles. The largest absolute Gasteiger partial charge is 0.508 e. The van der Waals surface area contributed by atoms with E-state index in [-0.39, 0.29) is 0 Å².